The molecule has 0 saturated heterocycles. The molecule has 0 amide bonds. The standard InChI is InChI=1S/C11H11N3/c1-8-3-4-10(13-5-8)11-7-12-9(2)6-14-11/h3-7H,1-2H3. The Hall–Kier alpha value is -1.77. The molecule has 0 aliphatic carbocycles. The highest BCUT2D eigenvalue weighted by Crippen LogP contribution is 2.12. The molecule has 0 radical (unpaired) electrons. The molecule has 2 aromatic rings. The Morgan fingerprint density at radius 3 is 2.14 bits per heavy atom. The maximum Gasteiger partial charge on any atom is 0.107 e. The van der Waals surface area contributed by atoms with E-state index in [1.165, 1.54) is 0 Å². The minimum atomic E-state index is 0.815. The monoisotopic (exact) mass is 185 g/mol. The van der Waals surface area contributed by atoms with Crippen molar-refractivity contribution in [3.05, 3.63) is 42.0 Å². The molecule has 0 atom stereocenters. The van der Waals surface area contributed by atoms with Crippen LogP contribution in [0.4, 0.5) is 0 Å². The molecule has 2 heterocycles. The van der Waals surface area contributed by atoms with Crippen molar-refractivity contribution < 1.29 is 0 Å². The van der Waals surface area contributed by atoms with Crippen LogP contribution in [0, 0.1) is 13.8 Å². The van der Waals surface area contributed by atoms with Crippen molar-refractivity contribution in [2.75, 3.05) is 0 Å². The van der Waals surface area contributed by atoms with Gasteiger partial charge in [0.05, 0.1) is 17.6 Å². The summed E-state index contributed by atoms with van der Waals surface area (Å²) in [7, 11) is 0. The summed E-state index contributed by atoms with van der Waals surface area (Å²) in [5.41, 5.74) is 3.74. The predicted molar refractivity (Wildman–Crippen MR) is 54.7 cm³/mol. The van der Waals surface area contributed by atoms with E-state index in [1.54, 1.807) is 12.4 Å². The molecule has 0 spiro atoms. The minimum absolute atomic E-state index is 0.815. The lowest BCUT2D eigenvalue weighted by atomic mass is 10.2. The molecule has 0 bridgehead atoms. The first-order valence-corrected chi connectivity index (χ1v) is 4.47. The lowest BCUT2D eigenvalue weighted by molar-refractivity contribution is 1.11. The number of aryl methyl sites for hydroxylation is 2. The van der Waals surface area contributed by atoms with Crippen molar-refractivity contribution in [3.63, 3.8) is 0 Å². The Labute approximate surface area is 82.9 Å². The average molecular weight is 185 g/mol. The van der Waals surface area contributed by atoms with Gasteiger partial charge in [-0.1, -0.05) is 6.07 Å². The fourth-order valence-electron chi connectivity index (χ4n) is 1.14. The first-order valence-electron chi connectivity index (χ1n) is 4.47. The van der Waals surface area contributed by atoms with Crippen molar-refractivity contribution in [2.45, 2.75) is 13.8 Å². The van der Waals surface area contributed by atoms with Crippen LogP contribution in [-0.2, 0) is 0 Å². The van der Waals surface area contributed by atoms with E-state index in [9.17, 15) is 0 Å². The summed E-state index contributed by atoms with van der Waals surface area (Å²) in [4.78, 5) is 12.7. The molecule has 0 aromatic carbocycles. The van der Waals surface area contributed by atoms with Crippen LogP contribution >= 0.6 is 0 Å². The third-order valence-electron chi connectivity index (χ3n) is 1.95. The van der Waals surface area contributed by atoms with Gasteiger partial charge in [-0.15, -0.1) is 0 Å². The van der Waals surface area contributed by atoms with Crippen molar-refractivity contribution in [2.24, 2.45) is 0 Å². The molecule has 2 aromatic heterocycles. The van der Waals surface area contributed by atoms with Crippen LogP contribution in [0.25, 0.3) is 11.4 Å². The van der Waals surface area contributed by atoms with Gasteiger partial charge in [0.25, 0.3) is 0 Å². The second kappa shape index (κ2) is 3.54. The van der Waals surface area contributed by atoms with Gasteiger partial charge in [-0.05, 0) is 25.5 Å². The van der Waals surface area contributed by atoms with E-state index in [4.69, 9.17) is 0 Å². The molecular formula is C11H11N3. The second-order valence-electron chi connectivity index (χ2n) is 3.26. The van der Waals surface area contributed by atoms with Gasteiger partial charge in [0.15, 0.2) is 0 Å². The van der Waals surface area contributed by atoms with Gasteiger partial charge in [-0.3, -0.25) is 15.0 Å². The molecule has 0 unspecified atom stereocenters. The summed E-state index contributed by atoms with van der Waals surface area (Å²) in [5, 5.41) is 0. The molecule has 0 saturated carbocycles. The Bertz CT molecular complexity index is 374. The van der Waals surface area contributed by atoms with Gasteiger partial charge >= 0.3 is 0 Å². The molecule has 3 heteroatoms. The number of pyridine rings is 1. The third-order valence-corrected chi connectivity index (χ3v) is 1.95. The molecule has 0 N–H and O–H groups in total. The number of hydrogen-bond acceptors (Lipinski definition) is 3. The summed E-state index contributed by atoms with van der Waals surface area (Å²) < 4.78 is 0. The predicted octanol–water partition coefficient (Wildman–Crippen LogP) is 2.16. The van der Waals surface area contributed by atoms with Gasteiger partial charge in [0.2, 0.25) is 0 Å². The van der Waals surface area contributed by atoms with Gasteiger partial charge in [-0.25, -0.2) is 0 Å². The fraction of sp³-hybridized carbons (Fsp3) is 0.182. The highest BCUT2D eigenvalue weighted by molar-refractivity contribution is 5.52. The summed E-state index contributed by atoms with van der Waals surface area (Å²) in [5.74, 6) is 0. The van der Waals surface area contributed by atoms with E-state index in [2.05, 4.69) is 15.0 Å². The first-order chi connectivity index (χ1) is 6.75. The topological polar surface area (TPSA) is 38.7 Å². The minimum Gasteiger partial charge on any atom is -0.258 e. The SMILES string of the molecule is Cc1ccc(-c2cnc(C)cn2)nc1. The lowest BCUT2D eigenvalue weighted by Gasteiger charge is -1.99. The maximum atomic E-state index is 4.28. The number of nitrogens with zero attached hydrogens (tertiary/aromatic N) is 3. The Morgan fingerprint density at radius 1 is 0.786 bits per heavy atom. The lowest BCUT2D eigenvalue weighted by Crippen LogP contribution is -1.90. The normalized spacial score (nSPS) is 10.1. The number of hydrogen-bond donors (Lipinski definition) is 0. The molecule has 14 heavy (non-hydrogen) atoms. The average Bonchev–Trinajstić information content (AvgIpc) is 2.21. The highest BCUT2D eigenvalue weighted by Gasteiger charge is 1.99. The Balaban J connectivity index is 2.40. The van der Waals surface area contributed by atoms with Crippen LogP contribution in [0.3, 0.4) is 0 Å². The zero-order valence-corrected chi connectivity index (χ0v) is 8.23. The van der Waals surface area contributed by atoms with Crippen LogP contribution in [-0.4, -0.2) is 15.0 Å². The zero-order chi connectivity index (χ0) is 9.97. The van der Waals surface area contributed by atoms with Crippen molar-refractivity contribution in [1.29, 1.82) is 0 Å². The van der Waals surface area contributed by atoms with E-state index >= 15 is 0 Å². The highest BCUT2D eigenvalue weighted by atomic mass is 14.8. The van der Waals surface area contributed by atoms with E-state index in [-0.39, 0.29) is 0 Å². The van der Waals surface area contributed by atoms with Crippen LogP contribution in [0.15, 0.2) is 30.7 Å². The zero-order valence-electron chi connectivity index (χ0n) is 8.23. The van der Waals surface area contributed by atoms with Gasteiger partial charge in [0.1, 0.15) is 5.69 Å². The Morgan fingerprint density at radius 2 is 1.57 bits per heavy atom. The fourth-order valence-corrected chi connectivity index (χ4v) is 1.14. The summed E-state index contributed by atoms with van der Waals surface area (Å²) >= 11 is 0. The van der Waals surface area contributed by atoms with Crippen LogP contribution in [0.5, 0.6) is 0 Å². The van der Waals surface area contributed by atoms with Crippen molar-refractivity contribution >= 4 is 0 Å². The van der Waals surface area contributed by atoms with Crippen LogP contribution < -0.4 is 0 Å². The summed E-state index contributed by atoms with van der Waals surface area (Å²) in [6.07, 6.45) is 5.32. The number of aromatic nitrogens is 3. The van der Waals surface area contributed by atoms with Gasteiger partial charge in [-0.2, -0.15) is 0 Å². The third kappa shape index (κ3) is 1.76. The van der Waals surface area contributed by atoms with E-state index < -0.39 is 0 Å². The second-order valence-corrected chi connectivity index (χ2v) is 3.26. The van der Waals surface area contributed by atoms with Crippen molar-refractivity contribution in [1.82, 2.24) is 15.0 Å². The molecule has 0 aliphatic heterocycles. The maximum absolute atomic E-state index is 4.28. The first kappa shape index (κ1) is 8.81. The van der Waals surface area contributed by atoms with Gasteiger partial charge in [0, 0.05) is 12.4 Å². The smallest absolute Gasteiger partial charge is 0.107 e. The quantitative estimate of drug-likeness (QED) is 0.683. The molecule has 70 valence electrons. The van der Waals surface area contributed by atoms with E-state index in [1.807, 2.05) is 32.2 Å². The van der Waals surface area contributed by atoms with E-state index in [0.29, 0.717) is 0 Å². The summed E-state index contributed by atoms with van der Waals surface area (Å²) in [6.45, 7) is 3.93. The summed E-state index contributed by atoms with van der Waals surface area (Å²) in [6, 6.07) is 3.97. The molecule has 0 fully saturated rings. The molecule has 2 rings (SSSR count). The van der Waals surface area contributed by atoms with Crippen molar-refractivity contribution in [3.8, 4) is 11.4 Å². The Kier molecular flexibility index (Phi) is 2.23. The van der Waals surface area contributed by atoms with Crippen LogP contribution in [0.1, 0.15) is 11.3 Å². The van der Waals surface area contributed by atoms with Gasteiger partial charge < -0.3 is 0 Å². The number of rotatable bonds is 1. The van der Waals surface area contributed by atoms with Crippen LogP contribution in [0.2, 0.25) is 0 Å². The molecule has 0 aliphatic rings. The van der Waals surface area contributed by atoms with E-state index in [0.717, 1.165) is 22.6 Å². The largest absolute Gasteiger partial charge is 0.258 e. The molecular weight excluding hydrogens is 174 g/mol. The molecule has 3 nitrogen and oxygen atoms in total.